The summed E-state index contributed by atoms with van der Waals surface area (Å²) in [5.41, 5.74) is -0.257. The monoisotopic (exact) mass is 158 g/mol. The molecule has 3 nitrogen and oxygen atoms in total. The van der Waals surface area contributed by atoms with Crippen LogP contribution in [0.1, 0.15) is 26.2 Å². The van der Waals surface area contributed by atoms with Gasteiger partial charge in [-0.15, -0.1) is 0 Å². The maximum atomic E-state index is 10.8. The van der Waals surface area contributed by atoms with Crippen LogP contribution >= 0.6 is 0 Å². The van der Waals surface area contributed by atoms with E-state index in [0.29, 0.717) is 13.0 Å². The zero-order valence-corrected chi connectivity index (χ0v) is 7.05. The maximum Gasteiger partial charge on any atom is 0.306 e. The molecule has 1 aliphatic heterocycles. The van der Waals surface area contributed by atoms with Gasteiger partial charge in [0.05, 0.1) is 0 Å². The lowest BCUT2D eigenvalue weighted by Gasteiger charge is -2.21. The van der Waals surface area contributed by atoms with E-state index in [1.807, 2.05) is 6.92 Å². The molecule has 0 saturated carbocycles. The second-order valence-electron chi connectivity index (χ2n) is 3.17. The number of methoxy groups -OCH3 is 1. The molecule has 1 heterocycles. The van der Waals surface area contributed by atoms with Gasteiger partial charge in [0.1, 0.15) is 5.60 Å². The van der Waals surface area contributed by atoms with Crippen LogP contribution in [0.4, 0.5) is 0 Å². The summed E-state index contributed by atoms with van der Waals surface area (Å²) in [5.74, 6) is -0.0800. The zero-order chi connectivity index (χ0) is 8.32. The van der Waals surface area contributed by atoms with Crippen molar-refractivity contribution in [2.24, 2.45) is 0 Å². The average molecular weight is 158 g/mol. The van der Waals surface area contributed by atoms with Gasteiger partial charge in [0.15, 0.2) is 0 Å². The van der Waals surface area contributed by atoms with Crippen molar-refractivity contribution in [1.29, 1.82) is 0 Å². The van der Waals surface area contributed by atoms with E-state index < -0.39 is 0 Å². The fourth-order valence-electron chi connectivity index (χ4n) is 1.24. The predicted molar refractivity (Wildman–Crippen MR) is 40.2 cm³/mol. The van der Waals surface area contributed by atoms with Crippen LogP contribution in [-0.2, 0) is 14.3 Å². The Morgan fingerprint density at radius 2 is 2.45 bits per heavy atom. The molecule has 0 radical (unpaired) electrons. The van der Waals surface area contributed by atoms with Gasteiger partial charge in [0, 0.05) is 26.6 Å². The first-order valence-electron chi connectivity index (χ1n) is 3.87. The highest BCUT2D eigenvalue weighted by Crippen LogP contribution is 2.28. The van der Waals surface area contributed by atoms with Crippen molar-refractivity contribution >= 4 is 5.97 Å². The van der Waals surface area contributed by atoms with Crippen molar-refractivity contribution in [2.75, 3.05) is 13.7 Å². The molecular weight excluding hydrogens is 144 g/mol. The van der Waals surface area contributed by atoms with E-state index in [1.165, 1.54) is 0 Å². The average Bonchev–Trinajstić information content (AvgIpc) is 2.28. The van der Waals surface area contributed by atoms with Crippen molar-refractivity contribution in [3.8, 4) is 0 Å². The molecule has 3 heteroatoms. The number of rotatable bonds is 3. The first kappa shape index (κ1) is 8.53. The van der Waals surface area contributed by atoms with E-state index in [4.69, 9.17) is 9.47 Å². The fourth-order valence-corrected chi connectivity index (χ4v) is 1.24. The highest BCUT2D eigenvalue weighted by atomic mass is 16.6. The third kappa shape index (κ3) is 2.19. The standard InChI is InChI=1S/C8H14O3/c1-8(5-6-10-2)4-3-7(9)11-8/h3-6H2,1-2H3. The largest absolute Gasteiger partial charge is 0.459 e. The van der Waals surface area contributed by atoms with E-state index in [9.17, 15) is 4.79 Å². The molecule has 0 aliphatic carbocycles. The Kier molecular flexibility index (Phi) is 2.49. The molecule has 11 heavy (non-hydrogen) atoms. The van der Waals surface area contributed by atoms with Crippen molar-refractivity contribution in [3.63, 3.8) is 0 Å². The van der Waals surface area contributed by atoms with Crippen LogP contribution in [-0.4, -0.2) is 25.3 Å². The van der Waals surface area contributed by atoms with E-state index >= 15 is 0 Å². The first-order valence-corrected chi connectivity index (χ1v) is 3.87. The topological polar surface area (TPSA) is 35.5 Å². The molecule has 1 unspecified atom stereocenters. The molecule has 0 spiro atoms. The quantitative estimate of drug-likeness (QED) is 0.577. The van der Waals surface area contributed by atoms with Crippen LogP contribution in [0.25, 0.3) is 0 Å². The number of esters is 1. The van der Waals surface area contributed by atoms with Crippen LogP contribution in [0, 0.1) is 0 Å². The molecule has 1 atom stereocenters. The summed E-state index contributed by atoms with van der Waals surface area (Å²) in [6.45, 7) is 2.61. The number of hydrogen-bond acceptors (Lipinski definition) is 3. The van der Waals surface area contributed by atoms with E-state index in [-0.39, 0.29) is 11.6 Å². The molecule has 0 aromatic heterocycles. The molecule has 1 rings (SSSR count). The van der Waals surface area contributed by atoms with Crippen LogP contribution in [0.5, 0.6) is 0 Å². The fraction of sp³-hybridized carbons (Fsp3) is 0.875. The minimum Gasteiger partial charge on any atom is -0.459 e. The molecule has 64 valence electrons. The minimum absolute atomic E-state index is 0.0800. The summed E-state index contributed by atoms with van der Waals surface area (Å²) in [7, 11) is 1.65. The summed E-state index contributed by atoms with van der Waals surface area (Å²) < 4.78 is 10.0. The smallest absolute Gasteiger partial charge is 0.306 e. The molecule has 1 saturated heterocycles. The zero-order valence-electron chi connectivity index (χ0n) is 7.05. The van der Waals surface area contributed by atoms with Gasteiger partial charge in [-0.2, -0.15) is 0 Å². The number of hydrogen-bond donors (Lipinski definition) is 0. The van der Waals surface area contributed by atoms with E-state index in [0.717, 1.165) is 12.8 Å². The van der Waals surface area contributed by atoms with Crippen LogP contribution in [0.15, 0.2) is 0 Å². The summed E-state index contributed by atoms with van der Waals surface area (Å²) >= 11 is 0. The van der Waals surface area contributed by atoms with Crippen molar-refractivity contribution in [2.45, 2.75) is 31.8 Å². The summed E-state index contributed by atoms with van der Waals surface area (Å²) in [5, 5.41) is 0. The Morgan fingerprint density at radius 3 is 2.91 bits per heavy atom. The molecule has 0 aromatic rings. The Balaban J connectivity index is 2.35. The SMILES string of the molecule is COCCC1(C)CCC(=O)O1. The highest BCUT2D eigenvalue weighted by molar-refractivity contribution is 5.72. The maximum absolute atomic E-state index is 10.8. The van der Waals surface area contributed by atoms with Gasteiger partial charge in [-0.3, -0.25) is 4.79 Å². The Morgan fingerprint density at radius 1 is 1.73 bits per heavy atom. The summed E-state index contributed by atoms with van der Waals surface area (Å²) in [4.78, 5) is 10.8. The number of ether oxygens (including phenoxy) is 2. The van der Waals surface area contributed by atoms with Crippen molar-refractivity contribution < 1.29 is 14.3 Å². The van der Waals surface area contributed by atoms with Gasteiger partial charge in [-0.1, -0.05) is 0 Å². The second kappa shape index (κ2) is 3.22. The molecule has 1 aliphatic rings. The number of cyclic esters (lactones) is 1. The molecule has 1 fully saturated rings. The normalized spacial score (nSPS) is 30.5. The Hall–Kier alpha value is -0.570. The van der Waals surface area contributed by atoms with Crippen LogP contribution < -0.4 is 0 Å². The van der Waals surface area contributed by atoms with Gasteiger partial charge in [0.2, 0.25) is 0 Å². The van der Waals surface area contributed by atoms with Gasteiger partial charge >= 0.3 is 5.97 Å². The predicted octanol–water partition coefficient (Wildman–Crippen LogP) is 1.12. The molecule has 0 N–H and O–H groups in total. The second-order valence-corrected chi connectivity index (χ2v) is 3.17. The highest BCUT2D eigenvalue weighted by Gasteiger charge is 2.34. The molecule has 0 bridgehead atoms. The van der Waals surface area contributed by atoms with Gasteiger partial charge in [-0.25, -0.2) is 0 Å². The molecule has 0 amide bonds. The van der Waals surface area contributed by atoms with Crippen molar-refractivity contribution in [3.05, 3.63) is 0 Å². The van der Waals surface area contributed by atoms with Crippen LogP contribution in [0.3, 0.4) is 0 Å². The minimum atomic E-state index is -0.257. The van der Waals surface area contributed by atoms with Gasteiger partial charge < -0.3 is 9.47 Å². The Bertz CT molecular complexity index is 155. The van der Waals surface area contributed by atoms with Gasteiger partial charge in [-0.05, 0) is 13.3 Å². The first-order chi connectivity index (χ1) is 5.16. The number of carbonyl (C=O) groups excluding carboxylic acids is 1. The molecule has 0 aromatic carbocycles. The Labute approximate surface area is 66.7 Å². The molecular formula is C8H14O3. The van der Waals surface area contributed by atoms with Crippen molar-refractivity contribution in [1.82, 2.24) is 0 Å². The lowest BCUT2D eigenvalue weighted by atomic mass is 9.99. The summed E-state index contributed by atoms with van der Waals surface area (Å²) in [6, 6.07) is 0. The third-order valence-electron chi connectivity index (χ3n) is 2.05. The van der Waals surface area contributed by atoms with Crippen LogP contribution in [0.2, 0.25) is 0 Å². The summed E-state index contributed by atoms with van der Waals surface area (Å²) in [6.07, 6.45) is 2.19. The van der Waals surface area contributed by atoms with E-state index in [2.05, 4.69) is 0 Å². The lowest BCUT2D eigenvalue weighted by molar-refractivity contribution is -0.148. The van der Waals surface area contributed by atoms with Gasteiger partial charge in [0.25, 0.3) is 0 Å². The van der Waals surface area contributed by atoms with E-state index in [1.54, 1.807) is 7.11 Å². The lowest BCUT2D eigenvalue weighted by Crippen LogP contribution is -2.25. The number of carbonyl (C=O) groups is 1. The third-order valence-corrected chi connectivity index (χ3v) is 2.05.